The largest absolute Gasteiger partial charge is 0.466 e. The summed E-state index contributed by atoms with van der Waals surface area (Å²) in [4.78, 5) is 23.9. The minimum absolute atomic E-state index is 0.0159. The van der Waals surface area contributed by atoms with Crippen LogP contribution < -0.4 is 0 Å². The Morgan fingerprint density at radius 2 is 2.17 bits per heavy atom. The molecule has 1 heterocycles. The molecule has 0 bridgehead atoms. The fourth-order valence-electron chi connectivity index (χ4n) is 3.74. The van der Waals surface area contributed by atoms with Crippen LogP contribution in [0.25, 0.3) is 0 Å². The van der Waals surface area contributed by atoms with E-state index in [0.717, 1.165) is 0 Å². The van der Waals surface area contributed by atoms with Gasteiger partial charge in [0.1, 0.15) is 5.78 Å². The van der Waals surface area contributed by atoms with Crippen LogP contribution in [-0.4, -0.2) is 37.4 Å². The summed E-state index contributed by atoms with van der Waals surface area (Å²) < 4.78 is 16.5. The Bertz CT molecular complexity index is 385. The number of Topliss-reactive ketones (excluding diaryl/α,β-unsaturated/α-hetero) is 1. The molecular weight excluding hydrogens is 236 g/mol. The predicted molar refractivity (Wildman–Crippen MR) is 60.7 cm³/mol. The molecule has 5 nitrogen and oxygen atoms in total. The summed E-state index contributed by atoms with van der Waals surface area (Å²) in [6.07, 6.45) is 1.84. The Balaban J connectivity index is 1.88. The normalized spacial score (nSPS) is 37.2. The Kier molecular flexibility index (Phi) is 2.71. The van der Waals surface area contributed by atoms with Gasteiger partial charge in [0.15, 0.2) is 5.79 Å². The van der Waals surface area contributed by atoms with Gasteiger partial charge in [0.05, 0.1) is 25.2 Å². The van der Waals surface area contributed by atoms with Gasteiger partial charge in [-0.05, 0) is 12.8 Å². The van der Waals surface area contributed by atoms with Crippen LogP contribution in [0.15, 0.2) is 0 Å². The first kappa shape index (κ1) is 12.1. The molecule has 2 atom stereocenters. The summed E-state index contributed by atoms with van der Waals surface area (Å²) in [7, 11) is 0. The predicted octanol–water partition coefficient (Wildman–Crippen LogP) is 1.05. The molecule has 0 aromatic heterocycles. The number of esters is 1. The Morgan fingerprint density at radius 3 is 2.83 bits per heavy atom. The van der Waals surface area contributed by atoms with E-state index in [1.165, 1.54) is 0 Å². The number of carbonyl (C=O) groups is 2. The molecule has 0 aromatic carbocycles. The number of hydrogen-bond donors (Lipinski definition) is 0. The van der Waals surface area contributed by atoms with Crippen molar-refractivity contribution in [2.24, 2.45) is 11.3 Å². The zero-order chi connectivity index (χ0) is 12.8. The van der Waals surface area contributed by atoms with Crippen LogP contribution in [-0.2, 0) is 23.8 Å². The van der Waals surface area contributed by atoms with Gasteiger partial charge in [-0.1, -0.05) is 0 Å². The average Bonchev–Trinajstić information content (AvgIpc) is 2.93. The van der Waals surface area contributed by atoms with E-state index in [4.69, 9.17) is 14.2 Å². The number of ketones is 1. The number of ether oxygens (including phenoxy) is 3. The molecule has 100 valence electrons. The third-order valence-electron chi connectivity index (χ3n) is 4.41. The lowest BCUT2D eigenvalue weighted by atomic mass is 9.80. The van der Waals surface area contributed by atoms with Gasteiger partial charge >= 0.3 is 5.97 Å². The Hall–Kier alpha value is -0.940. The summed E-state index contributed by atoms with van der Waals surface area (Å²) >= 11 is 0. The van der Waals surface area contributed by atoms with E-state index in [0.29, 0.717) is 39.1 Å². The van der Waals surface area contributed by atoms with Crippen molar-refractivity contribution in [2.75, 3.05) is 19.8 Å². The van der Waals surface area contributed by atoms with E-state index in [-0.39, 0.29) is 24.1 Å². The van der Waals surface area contributed by atoms with Gasteiger partial charge in [-0.25, -0.2) is 0 Å². The molecule has 2 unspecified atom stereocenters. The summed E-state index contributed by atoms with van der Waals surface area (Å²) in [5.74, 6) is -0.724. The van der Waals surface area contributed by atoms with Crippen LogP contribution in [0, 0.1) is 11.3 Å². The first-order valence-corrected chi connectivity index (χ1v) is 6.57. The lowest BCUT2D eigenvalue weighted by Gasteiger charge is -2.27. The van der Waals surface area contributed by atoms with Crippen LogP contribution >= 0.6 is 0 Å². The van der Waals surface area contributed by atoms with Crippen LogP contribution in [0.4, 0.5) is 0 Å². The average molecular weight is 254 g/mol. The Labute approximate surface area is 106 Å². The molecule has 1 spiro atoms. The topological polar surface area (TPSA) is 61.8 Å². The molecular formula is C13H18O5. The highest BCUT2D eigenvalue weighted by Crippen LogP contribution is 2.59. The second kappa shape index (κ2) is 4.03. The molecule has 0 N–H and O–H groups in total. The van der Waals surface area contributed by atoms with Gasteiger partial charge in [-0.3, -0.25) is 9.59 Å². The zero-order valence-corrected chi connectivity index (χ0v) is 10.6. The van der Waals surface area contributed by atoms with Gasteiger partial charge in [-0.15, -0.1) is 0 Å². The maximum Gasteiger partial charge on any atom is 0.313 e. The highest BCUT2D eigenvalue weighted by Gasteiger charge is 2.65. The van der Waals surface area contributed by atoms with Gasteiger partial charge in [0.2, 0.25) is 0 Å². The van der Waals surface area contributed by atoms with E-state index in [1.54, 1.807) is 6.92 Å². The van der Waals surface area contributed by atoms with Crippen molar-refractivity contribution in [3.8, 4) is 0 Å². The smallest absolute Gasteiger partial charge is 0.313 e. The van der Waals surface area contributed by atoms with Gasteiger partial charge in [-0.2, -0.15) is 0 Å². The van der Waals surface area contributed by atoms with E-state index >= 15 is 0 Å². The molecule has 1 aliphatic heterocycles. The zero-order valence-electron chi connectivity index (χ0n) is 10.6. The third kappa shape index (κ3) is 1.61. The van der Waals surface area contributed by atoms with Crippen LogP contribution in [0.3, 0.4) is 0 Å². The molecule has 2 aliphatic carbocycles. The summed E-state index contributed by atoms with van der Waals surface area (Å²) in [5.41, 5.74) is -0.697. The summed E-state index contributed by atoms with van der Waals surface area (Å²) in [5, 5.41) is 0. The van der Waals surface area contributed by atoms with E-state index < -0.39 is 11.2 Å². The number of carbonyl (C=O) groups excluding carboxylic acids is 2. The first-order chi connectivity index (χ1) is 8.60. The first-order valence-electron chi connectivity index (χ1n) is 6.57. The number of hydrogen-bond acceptors (Lipinski definition) is 5. The molecule has 2 saturated carbocycles. The van der Waals surface area contributed by atoms with Crippen LogP contribution in [0.5, 0.6) is 0 Å². The lowest BCUT2D eigenvalue weighted by Crippen LogP contribution is -2.36. The quantitative estimate of drug-likeness (QED) is 0.689. The molecule has 3 fully saturated rings. The van der Waals surface area contributed by atoms with Crippen molar-refractivity contribution >= 4 is 11.8 Å². The highest BCUT2D eigenvalue weighted by atomic mass is 16.7. The monoisotopic (exact) mass is 254 g/mol. The summed E-state index contributed by atoms with van der Waals surface area (Å²) in [6.45, 7) is 3.27. The summed E-state index contributed by atoms with van der Waals surface area (Å²) in [6, 6.07) is 0. The maximum absolute atomic E-state index is 12.2. The maximum atomic E-state index is 12.2. The van der Waals surface area contributed by atoms with E-state index in [2.05, 4.69) is 0 Å². The van der Waals surface area contributed by atoms with E-state index in [9.17, 15) is 9.59 Å². The molecule has 5 heteroatoms. The van der Waals surface area contributed by atoms with Crippen molar-refractivity contribution < 1.29 is 23.8 Å². The van der Waals surface area contributed by atoms with Crippen molar-refractivity contribution in [1.29, 1.82) is 0 Å². The standard InChI is InChI=1S/C13H18O5/c1-2-16-11(15)12-7-10(14)5-9(12)6-13(8-12)17-3-4-18-13/h9H,2-8H2,1H3. The molecule has 1 saturated heterocycles. The molecule has 18 heavy (non-hydrogen) atoms. The molecule has 0 radical (unpaired) electrons. The minimum Gasteiger partial charge on any atom is -0.466 e. The van der Waals surface area contributed by atoms with Crippen molar-refractivity contribution in [3.05, 3.63) is 0 Å². The minimum atomic E-state index is -0.697. The van der Waals surface area contributed by atoms with Crippen molar-refractivity contribution in [1.82, 2.24) is 0 Å². The number of fused-ring (bicyclic) bond motifs is 1. The second-order valence-corrected chi connectivity index (χ2v) is 5.48. The lowest BCUT2D eigenvalue weighted by molar-refractivity contribution is -0.172. The molecule has 0 aromatic rings. The van der Waals surface area contributed by atoms with Crippen LogP contribution in [0.1, 0.15) is 32.6 Å². The van der Waals surface area contributed by atoms with E-state index in [1.807, 2.05) is 0 Å². The van der Waals surface area contributed by atoms with Crippen LogP contribution in [0.2, 0.25) is 0 Å². The fraction of sp³-hybridized carbons (Fsp3) is 0.846. The fourth-order valence-corrected chi connectivity index (χ4v) is 3.74. The Morgan fingerprint density at radius 1 is 1.44 bits per heavy atom. The van der Waals surface area contributed by atoms with Crippen molar-refractivity contribution in [2.45, 2.75) is 38.4 Å². The molecule has 0 amide bonds. The third-order valence-corrected chi connectivity index (χ3v) is 4.41. The molecule has 3 aliphatic rings. The van der Waals surface area contributed by atoms with Crippen molar-refractivity contribution in [3.63, 3.8) is 0 Å². The SMILES string of the molecule is CCOC(=O)C12CC(=O)CC1CC1(C2)OCCO1. The van der Waals surface area contributed by atoms with Gasteiger partial charge in [0, 0.05) is 25.7 Å². The van der Waals surface area contributed by atoms with Gasteiger partial charge < -0.3 is 14.2 Å². The van der Waals surface area contributed by atoms with Gasteiger partial charge in [0.25, 0.3) is 0 Å². The second-order valence-electron chi connectivity index (χ2n) is 5.48. The number of rotatable bonds is 2. The highest BCUT2D eigenvalue weighted by molar-refractivity contribution is 5.92. The molecule has 3 rings (SSSR count).